The Kier molecular flexibility index (Phi) is 5.35. The summed E-state index contributed by atoms with van der Waals surface area (Å²) in [5.74, 6) is -0.431. The fourth-order valence-electron chi connectivity index (χ4n) is 3.30. The maximum atomic E-state index is 14.2. The molecule has 1 saturated heterocycles. The average Bonchev–Trinajstić information content (AvgIpc) is 2.64. The van der Waals surface area contributed by atoms with Crippen LogP contribution in [0.4, 0.5) is 10.1 Å². The zero-order valence-corrected chi connectivity index (χ0v) is 15.1. The van der Waals surface area contributed by atoms with Crippen molar-refractivity contribution in [1.29, 1.82) is 0 Å². The number of nitrogens with zero attached hydrogens (tertiary/aromatic N) is 1. The predicted molar refractivity (Wildman–Crippen MR) is 100 cm³/mol. The Bertz CT molecular complexity index is 817. The number of aryl methyl sites for hydroxylation is 1. The monoisotopic (exact) mass is 354 g/mol. The maximum Gasteiger partial charge on any atom is 0.251 e. The summed E-state index contributed by atoms with van der Waals surface area (Å²) in [4.78, 5) is 25.8. The van der Waals surface area contributed by atoms with Gasteiger partial charge in [0.05, 0.1) is 5.69 Å². The summed E-state index contributed by atoms with van der Waals surface area (Å²) < 4.78 is 14.2. The third-order valence-electron chi connectivity index (χ3n) is 4.75. The predicted octanol–water partition coefficient (Wildman–Crippen LogP) is 3.74. The van der Waals surface area contributed by atoms with Crippen LogP contribution < -0.4 is 10.2 Å². The highest BCUT2D eigenvalue weighted by Crippen LogP contribution is 2.24. The molecule has 3 rings (SSSR count). The number of carbonyl (C=O) groups excluding carboxylic acids is 2. The van der Waals surface area contributed by atoms with Crippen molar-refractivity contribution in [3.63, 3.8) is 0 Å². The molecular weight excluding hydrogens is 331 g/mol. The lowest BCUT2D eigenvalue weighted by molar-refractivity contribution is 0.0931. The van der Waals surface area contributed by atoms with Crippen LogP contribution in [0.5, 0.6) is 0 Å². The number of ketones is 1. The Morgan fingerprint density at radius 1 is 1.12 bits per heavy atom. The smallest absolute Gasteiger partial charge is 0.251 e. The van der Waals surface area contributed by atoms with Crippen molar-refractivity contribution in [3.05, 3.63) is 65.0 Å². The third kappa shape index (κ3) is 4.10. The minimum atomic E-state index is -0.234. The lowest BCUT2D eigenvalue weighted by Gasteiger charge is -2.35. The Morgan fingerprint density at radius 3 is 2.50 bits per heavy atom. The van der Waals surface area contributed by atoms with Crippen LogP contribution in [0.15, 0.2) is 42.5 Å². The van der Waals surface area contributed by atoms with Gasteiger partial charge in [0.25, 0.3) is 5.91 Å². The lowest BCUT2D eigenvalue weighted by atomic mass is 10.0. The highest BCUT2D eigenvalue weighted by atomic mass is 19.1. The van der Waals surface area contributed by atoms with Crippen LogP contribution in [0, 0.1) is 12.7 Å². The molecule has 0 saturated carbocycles. The van der Waals surface area contributed by atoms with Gasteiger partial charge >= 0.3 is 0 Å². The number of piperidine rings is 1. The number of halogens is 1. The number of amides is 1. The summed E-state index contributed by atoms with van der Waals surface area (Å²) in [6.07, 6.45) is 1.75. The number of nitrogens with one attached hydrogen (secondary N) is 1. The summed E-state index contributed by atoms with van der Waals surface area (Å²) in [5, 5.41) is 3.03. The molecule has 4 nitrogen and oxygen atoms in total. The Morgan fingerprint density at radius 2 is 1.81 bits per heavy atom. The first-order chi connectivity index (χ1) is 12.4. The highest BCUT2D eigenvalue weighted by Gasteiger charge is 2.23. The number of hydrogen-bond acceptors (Lipinski definition) is 3. The van der Waals surface area contributed by atoms with Crippen molar-refractivity contribution >= 4 is 17.4 Å². The van der Waals surface area contributed by atoms with E-state index >= 15 is 0 Å². The summed E-state index contributed by atoms with van der Waals surface area (Å²) in [6.45, 7) is 4.80. The standard InChI is InChI=1S/C21H23FN2O2/c1-14-5-10-19(22)20(12-14)24-11-3-4-18(13-24)23-21(26)17-8-6-16(7-9-17)15(2)25/h5-10,12,18H,3-4,11,13H2,1-2H3,(H,23,26). The van der Waals surface area contributed by atoms with Gasteiger partial charge in [0.1, 0.15) is 5.82 Å². The lowest BCUT2D eigenvalue weighted by Crippen LogP contribution is -2.48. The van der Waals surface area contributed by atoms with Crippen molar-refractivity contribution in [2.24, 2.45) is 0 Å². The highest BCUT2D eigenvalue weighted by molar-refractivity contribution is 5.97. The van der Waals surface area contributed by atoms with E-state index < -0.39 is 0 Å². The van der Waals surface area contributed by atoms with Crippen LogP contribution in [0.25, 0.3) is 0 Å². The van der Waals surface area contributed by atoms with E-state index in [0.717, 1.165) is 24.9 Å². The molecule has 0 spiro atoms. The van der Waals surface area contributed by atoms with Crippen molar-refractivity contribution < 1.29 is 14.0 Å². The van der Waals surface area contributed by atoms with Crippen LogP contribution in [0.1, 0.15) is 46.0 Å². The van der Waals surface area contributed by atoms with E-state index in [-0.39, 0.29) is 23.5 Å². The first-order valence-electron chi connectivity index (χ1n) is 8.87. The fraction of sp³-hybridized carbons (Fsp3) is 0.333. The Labute approximate surface area is 153 Å². The van der Waals surface area contributed by atoms with Crippen molar-refractivity contribution in [2.45, 2.75) is 32.7 Å². The molecule has 1 amide bonds. The van der Waals surface area contributed by atoms with Gasteiger partial charge in [-0.1, -0.05) is 18.2 Å². The number of hydrogen-bond donors (Lipinski definition) is 1. The molecule has 1 aliphatic rings. The molecule has 26 heavy (non-hydrogen) atoms. The summed E-state index contributed by atoms with van der Waals surface area (Å²) >= 11 is 0. The molecule has 0 aromatic heterocycles. The summed E-state index contributed by atoms with van der Waals surface area (Å²) in [7, 11) is 0. The molecule has 0 radical (unpaired) electrons. The van der Waals surface area contributed by atoms with E-state index in [2.05, 4.69) is 5.32 Å². The molecule has 1 N–H and O–H groups in total. The normalized spacial score (nSPS) is 17.0. The van der Waals surface area contributed by atoms with E-state index in [9.17, 15) is 14.0 Å². The first kappa shape index (κ1) is 18.1. The van der Waals surface area contributed by atoms with E-state index in [1.807, 2.05) is 17.9 Å². The molecule has 1 aliphatic heterocycles. The molecule has 2 aromatic rings. The van der Waals surface area contributed by atoms with Crippen LogP contribution in [-0.2, 0) is 0 Å². The van der Waals surface area contributed by atoms with Gasteiger partial charge in [0, 0.05) is 30.3 Å². The van der Waals surface area contributed by atoms with Crippen molar-refractivity contribution in [2.75, 3.05) is 18.0 Å². The zero-order chi connectivity index (χ0) is 18.7. The van der Waals surface area contributed by atoms with Crippen LogP contribution in [-0.4, -0.2) is 30.8 Å². The van der Waals surface area contributed by atoms with Gasteiger partial charge in [0.2, 0.25) is 0 Å². The van der Waals surface area contributed by atoms with Gasteiger partial charge < -0.3 is 10.2 Å². The van der Waals surface area contributed by atoms with Crippen LogP contribution >= 0.6 is 0 Å². The number of benzene rings is 2. The molecule has 2 aromatic carbocycles. The van der Waals surface area contributed by atoms with Crippen molar-refractivity contribution in [1.82, 2.24) is 5.32 Å². The van der Waals surface area contributed by atoms with Gasteiger partial charge in [0.15, 0.2) is 5.78 Å². The molecule has 5 heteroatoms. The number of anilines is 1. The Balaban J connectivity index is 1.67. The number of carbonyl (C=O) groups is 2. The minimum absolute atomic E-state index is 0.0277. The van der Waals surface area contributed by atoms with E-state index in [4.69, 9.17) is 0 Å². The number of rotatable bonds is 4. The molecule has 1 fully saturated rings. The van der Waals surface area contributed by atoms with E-state index in [0.29, 0.717) is 23.4 Å². The van der Waals surface area contributed by atoms with Gasteiger partial charge in [-0.15, -0.1) is 0 Å². The third-order valence-corrected chi connectivity index (χ3v) is 4.75. The molecule has 0 bridgehead atoms. The van der Waals surface area contributed by atoms with Gasteiger partial charge in [-0.05, 0) is 56.5 Å². The van der Waals surface area contributed by atoms with E-state index in [1.165, 1.54) is 13.0 Å². The Hall–Kier alpha value is -2.69. The van der Waals surface area contributed by atoms with Gasteiger partial charge in [-0.2, -0.15) is 0 Å². The SMILES string of the molecule is CC(=O)c1ccc(C(=O)NC2CCCN(c3cc(C)ccc3F)C2)cc1. The molecule has 1 atom stereocenters. The topological polar surface area (TPSA) is 49.4 Å². The number of Topliss-reactive ketones (excluding diaryl/α,β-unsaturated/α-hetero) is 1. The van der Waals surface area contributed by atoms with Crippen molar-refractivity contribution in [3.8, 4) is 0 Å². The maximum absolute atomic E-state index is 14.2. The first-order valence-corrected chi connectivity index (χ1v) is 8.87. The summed E-state index contributed by atoms with van der Waals surface area (Å²) in [5.41, 5.74) is 2.71. The second-order valence-electron chi connectivity index (χ2n) is 6.85. The molecular formula is C21H23FN2O2. The quantitative estimate of drug-likeness (QED) is 0.851. The second-order valence-corrected chi connectivity index (χ2v) is 6.85. The molecule has 136 valence electrons. The van der Waals surface area contributed by atoms with Gasteiger partial charge in [-0.25, -0.2) is 4.39 Å². The fourth-order valence-corrected chi connectivity index (χ4v) is 3.30. The molecule has 1 heterocycles. The molecule has 0 aliphatic carbocycles. The van der Waals surface area contributed by atoms with E-state index in [1.54, 1.807) is 30.3 Å². The zero-order valence-electron chi connectivity index (χ0n) is 15.1. The van der Waals surface area contributed by atoms with Gasteiger partial charge in [-0.3, -0.25) is 9.59 Å². The average molecular weight is 354 g/mol. The second kappa shape index (κ2) is 7.68. The largest absolute Gasteiger partial charge is 0.367 e. The molecule has 1 unspecified atom stereocenters. The van der Waals surface area contributed by atoms with Crippen LogP contribution in [0.2, 0.25) is 0 Å². The minimum Gasteiger partial charge on any atom is -0.367 e. The van der Waals surface area contributed by atoms with Crippen LogP contribution in [0.3, 0.4) is 0 Å². The summed E-state index contributed by atoms with van der Waals surface area (Å²) in [6, 6.07) is 11.7.